The van der Waals surface area contributed by atoms with Crippen molar-refractivity contribution in [3.05, 3.63) is 105 Å². The molecule has 1 amide bonds. The van der Waals surface area contributed by atoms with E-state index >= 15 is 0 Å². The highest BCUT2D eigenvalue weighted by Crippen LogP contribution is 2.17. The van der Waals surface area contributed by atoms with Gasteiger partial charge in [-0.2, -0.15) is 0 Å². The first kappa shape index (κ1) is 24.1. The van der Waals surface area contributed by atoms with E-state index in [1.165, 1.54) is 22.8 Å². The van der Waals surface area contributed by atoms with Crippen molar-refractivity contribution < 1.29 is 14.7 Å². The average molecular weight is 499 g/mol. The lowest BCUT2D eigenvalue weighted by molar-refractivity contribution is -0.132. The lowest BCUT2D eigenvalue weighted by atomic mass is 10.1. The van der Waals surface area contributed by atoms with E-state index in [0.717, 1.165) is 15.8 Å². The molecule has 0 aliphatic carbocycles. The molecule has 9 nitrogen and oxygen atoms in total. The van der Waals surface area contributed by atoms with Crippen LogP contribution >= 0.6 is 0 Å². The van der Waals surface area contributed by atoms with Gasteiger partial charge in [0.1, 0.15) is 6.54 Å². The zero-order valence-electron chi connectivity index (χ0n) is 20.3. The third-order valence-electron chi connectivity index (χ3n) is 6.73. The molecule has 9 heteroatoms. The van der Waals surface area contributed by atoms with Crippen molar-refractivity contribution in [2.24, 2.45) is 0 Å². The number of hydrogen-bond acceptors (Lipinski definition) is 5. The summed E-state index contributed by atoms with van der Waals surface area (Å²) >= 11 is 0. The van der Waals surface area contributed by atoms with Crippen LogP contribution in [0, 0.1) is 6.92 Å². The van der Waals surface area contributed by atoms with Crippen molar-refractivity contribution in [3.8, 4) is 5.69 Å². The van der Waals surface area contributed by atoms with Gasteiger partial charge in [-0.1, -0.05) is 35.9 Å². The summed E-state index contributed by atoms with van der Waals surface area (Å²) < 4.78 is 2.23. The van der Waals surface area contributed by atoms with Crippen molar-refractivity contribution >= 4 is 28.5 Å². The Morgan fingerprint density at radius 1 is 0.838 bits per heavy atom. The summed E-state index contributed by atoms with van der Waals surface area (Å²) in [5, 5.41) is 9.65. The SMILES string of the molecule is Cc1ccc(-n2c(=O)c3ccc(C(=O)O)cc3n(CC(=O)N3CCN(c4ccccc4)CC3)c2=O)cc1. The van der Waals surface area contributed by atoms with Gasteiger partial charge in [-0.3, -0.25) is 14.2 Å². The van der Waals surface area contributed by atoms with Crippen LogP contribution in [0.2, 0.25) is 0 Å². The third-order valence-corrected chi connectivity index (χ3v) is 6.73. The molecule has 1 saturated heterocycles. The molecule has 4 aromatic rings. The second kappa shape index (κ2) is 9.77. The summed E-state index contributed by atoms with van der Waals surface area (Å²) in [6.07, 6.45) is 0. The molecule has 2 heterocycles. The summed E-state index contributed by atoms with van der Waals surface area (Å²) in [7, 11) is 0. The predicted molar refractivity (Wildman–Crippen MR) is 141 cm³/mol. The maximum atomic E-state index is 13.6. The molecule has 1 fully saturated rings. The van der Waals surface area contributed by atoms with Crippen LogP contribution in [0.1, 0.15) is 15.9 Å². The summed E-state index contributed by atoms with van der Waals surface area (Å²) in [6, 6.07) is 20.9. The van der Waals surface area contributed by atoms with Crippen molar-refractivity contribution in [3.63, 3.8) is 0 Å². The van der Waals surface area contributed by atoms with Crippen molar-refractivity contribution in [1.29, 1.82) is 0 Å². The van der Waals surface area contributed by atoms with Gasteiger partial charge in [0.25, 0.3) is 5.56 Å². The normalized spacial score (nSPS) is 13.6. The van der Waals surface area contributed by atoms with E-state index in [9.17, 15) is 24.3 Å². The molecular formula is C28H26N4O5. The molecule has 0 bridgehead atoms. The van der Waals surface area contributed by atoms with Crippen LogP contribution in [0.5, 0.6) is 0 Å². The van der Waals surface area contributed by atoms with E-state index in [-0.39, 0.29) is 28.9 Å². The molecule has 37 heavy (non-hydrogen) atoms. The molecule has 1 aliphatic heterocycles. The quantitative estimate of drug-likeness (QED) is 0.453. The van der Waals surface area contributed by atoms with Gasteiger partial charge < -0.3 is 14.9 Å². The molecule has 1 N–H and O–H groups in total. The summed E-state index contributed by atoms with van der Waals surface area (Å²) in [5.74, 6) is -1.46. The smallest absolute Gasteiger partial charge is 0.336 e. The lowest BCUT2D eigenvalue weighted by Crippen LogP contribution is -2.50. The number of carbonyl (C=O) groups excluding carboxylic acids is 1. The van der Waals surface area contributed by atoms with Crippen LogP contribution in [0.4, 0.5) is 5.69 Å². The Bertz CT molecular complexity index is 1600. The van der Waals surface area contributed by atoms with Gasteiger partial charge in [-0.25, -0.2) is 14.2 Å². The van der Waals surface area contributed by atoms with E-state index in [1.807, 2.05) is 37.3 Å². The minimum atomic E-state index is -1.19. The Hall–Kier alpha value is -4.66. The van der Waals surface area contributed by atoms with E-state index < -0.39 is 17.2 Å². The highest BCUT2D eigenvalue weighted by Gasteiger charge is 2.24. The van der Waals surface area contributed by atoms with Crippen molar-refractivity contribution in [2.45, 2.75) is 13.5 Å². The van der Waals surface area contributed by atoms with Crippen LogP contribution in [0.25, 0.3) is 16.6 Å². The average Bonchev–Trinajstić information content (AvgIpc) is 2.92. The number of para-hydroxylation sites is 1. The number of anilines is 1. The van der Waals surface area contributed by atoms with Crippen LogP contribution in [0.15, 0.2) is 82.4 Å². The second-order valence-corrected chi connectivity index (χ2v) is 9.09. The minimum absolute atomic E-state index is 0.0722. The van der Waals surface area contributed by atoms with Crippen molar-refractivity contribution in [2.75, 3.05) is 31.1 Å². The molecule has 0 spiro atoms. The maximum absolute atomic E-state index is 13.6. The number of rotatable bonds is 5. The molecule has 5 rings (SSSR count). The first-order chi connectivity index (χ1) is 17.8. The molecule has 3 aromatic carbocycles. The van der Waals surface area contributed by atoms with Crippen LogP contribution in [-0.2, 0) is 11.3 Å². The molecular weight excluding hydrogens is 472 g/mol. The largest absolute Gasteiger partial charge is 0.478 e. The Morgan fingerprint density at radius 2 is 1.51 bits per heavy atom. The number of fused-ring (bicyclic) bond motifs is 1. The summed E-state index contributed by atoms with van der Waals surface area (Å²) in [5.41, 5.74) is 1.22. The van der Waals surface area contributed by atoms with Gasteiger partial charge in [0.15, 0.2) is 0 Å². The monoisotopic (exact) mass is 498 g/mol. The molecule has 0 unspecified atom stereocenters. The number of aromatic carboxylic acids is 1. The lowest BCUT2D eigenvalue weighted by Gasteiger charge is -2.36. The molecule has 0 atom stereocenters. The number of carbonyl (C=O) groups is 2. The van der Waals surface area contributed by atoms with E-state index in [2.05, 4.69) is 4.90 Å². The van der Waals surface area contributed by atoms with Gasteiger partial charge in [-0.05, 0) is 49.4 Å². The topological polar surface area (TPSA) is 105 Å². The zero-order valence-corrected chi connectivity index (χ0v) is 20.3. The number of hydrogen-bond donors (Lipinski definition) is 1. The molecule has 0 saturated carbocycles. The number of nitrogens with zero attached hydrogens (tertiary/aromatic N) is 4. The number of aromatic nitrogens is 2. The predicted octanol–water partition coefficient (Wildman–Crippen LogP) is 2.51. The maximum Gasteiger partial charge on any atom is 0.336 e. The second-order valence-electron chi connectivity index (χ2n) is 9.09. The van der Waals surface area contributed by atoms with Gasteiger partial charge in [0.05, 0.1) is 22.2 Å². The Morgan fingerprint density at radius 3 is 2.16 bits per heavy atom. The van der Waals surface area contributed by atoms with Crippen LogP contribution < -0.4 is 16.1 Å². The molecule has 1 aromatic heterocycles. The van der Waals surface area contributed by atoms with E-state index in [4.69, 9.17) is 0 Å². The summed E-state index contributed by atoms with van der Waals surface area (Å²) in [6.45, 7) is 3.86. The standard InChI is InChI=1S/C28H26N4O5/c1-19-7-10-22(11-8-19)32-26(34)23-12-9-20(27(35)36)17-24(23)31(28(32)37)18-25(33)30-15-13-29(14-16-30)21-5-3-2-4-6-21/h2-12,17H,13-16,18H2,1H3,(H,35,36). The van der Waals surface area contributed by atoms with Crippen LogP contribution in [0.3, 0.4) is 0 Å². The van der Waals surface area contributed by atoms with Crippen LogP contribution in [-0.4, -0.2) is 57.2 Å². The first-order valence-corrected chi connectivity index (χ1v) is 12.0. The molecule has 188 valence electrons. The number of carboxylic acid groups (broad SMARTS) is 1. The highest BCUT2D eigenvalue weighted by atomic mass is 16.4. The van der Waals surface area contributed by atoms with E-state index in [1.54, 1.807) is 29.2 Å². The Labute approximate surface area is 212 Å². The minimum Gasteiger partial charge on any atom is -0.478 e. The fraction of sp³-hybridized carbons (Fsp3) is 0.214. The zero-order chi connectivity index (χ0) is 26.1. The van der Waals surface area contributed by atoms with Crippen molar-refractivity contribution in [1.82, 2.24) is 14.0 Å². The number of aryl methyl sites for hydroxylation is 1. The number of amides is 1. The number of carboxylic acids is 1. The fourth-order valence-corrected chi connectivity index (χ4v) is 4.66. The van der Waals surface area contributed by atoms with Gasteiger partial charge in [-0.15, -0.1) is 0 Å². The van der Waals surface area contributed by atoms with Gasteiger partial charge in [0, 0.05) is 31.9 Å². The fourth-order valence-electron chi connectivity index (χ4n) is 4.66. The number of benzene rings is 3. The van der Waals surface area contributed by atoms with E-state index in [0.29, 0.717) is 31.9 Å². The Kier molecular flexibility index (Phi) is 6.35. The Balaban J connectivity index is 1.52. The molecule has 0 radical (unpaired) electrons. The highest BCUT2D eigenvalue weighted by molar-refractivity contribution is 5.93. The number of piperazine rings is 1. The van der Waals surface area contributed by atoms with Gasteiger partial charge in [0.2, 0.25) is 5.91 Å². The molecule has 1 aliphatic rings. The first-order valence-electron chi connectivity index (χ1n) is 12.0. The van der Waals surface area contributed by atoms with Gasteiger partial charge >= 0.3 is 11.7 Å². The summed E-state index contributed by atoms with van der Waals surface area (Å²) in [4.78, 5) is 55.8. The third kappa shape index (κ3) is 4.63.